The van der Waals surface area contributed by atoms with Crippen molar-refractivity contribution in [3.63, 3.8) is 0 Å². The fourth-order valence-corrected chi connectivity index (χ4v) is 2.72. The third-order valence-corrected chi connectivity index (χ3v) is 3.70. The van der Waals surface area contributed by atoms with Crippen molar-refractivity contribution >= 4 is 29.3 Å². The van der Waals surface area contributed by atoms with Crippen LogP contribution >= 0.6 is 23.3 Å². The maximum atomic E-state index is 11.4. The number of carbonyl (C=O) groups is 1. The molecule has 2 aromatic heterocycles. The third-order valence-electron chi connectivity index (χ3n) is 2.11. The van der Waals surface area contributed by atoms with Crippen molar-refractivity contribution in [1.82, 2.24) is 19.6 Å². The van der Waals surface area contributed by atoms with Crippen LogP contribution in [0.3, 0.4) is 0 Å². The molecule has 0 saturated heterocycles. The smallest absolute Gasteiger partial charge is 0.396 e. The predicted molar refractivity (Wildman–Crippen MR) is 73.0 cm³/mol. The van der Waals surface area contributed by atoms with Crippen LogP contribution < -0.4 is 0 Å². The average molecular weight is 314 g/mol. The molecule has 0 aromatic carbocycles. The Morgan fingerprint density at radius 2 is 2.15 bits per heavy atom. The Labute approximate surface area is 124 Å². The summed E-state index contributed by atoms with van der Waals surface area (Å²) in [5.41, 5.74) is -0.111. The quantitative estimate of drug-likeness (QED) is 0.795. The van der Waals surface area contributed by atoms with Crippen LogP contribution in [0.2, 0.25) is 0 Å². The molecule has 0 atom stereocenters. The number of rotatable bonds is 4. The number of hydrogen-bond acceptors (Lipinski definition) is 9. The maximum absolute atomic E-state index is 11.4. The summed E-state index contributed by atoms with van der Waals surface area (Å²) in [5, 5.41) is 7.64. The van der Waals surface area contributed by atoms with Gasteiger partial charge in [0.2, 0.25) is 0 Å². The van der Waals surface area contributed by atoms with Crippen LogP contribution in [-0.2, 0) is 10.2 Å². The van der Waals surface area contributed by atoms with Crippen molar-refractivity contribution in [3.05, 3.63) is 11.7 Å². The zero-order valence-corrected chi connectivity index (χ0v) is 13.2. The summed E-state index contributed by atoms with van der Waals surface area (Å²) >= 11 is 2.43. The molecule has 0 unspecified atom stereocenters. The lowest BCUT2D eigenvalue weighted by Gasteiger charge is -2.11. The van der Waals surface area contributed by atoms with Gasteiger partial charge in [0.25, 0.3) is 5.22 Å². The maximum Gasteiger partial charge on any atom is 0.396 e. The van der Waals surface area contributed by atoms with Gasteiger partial charge in [0.1, 0.15) is 5.82 Å². The van der Waals surface area contributed by atoms with Gasteiger partial charge in [-0.3, -0.25) is 0 Å². The van der Waals surface area contributed by atoms with Crippen LogP contribution in [0, 0.1) is 0 Å². The molecule has 20 heavy (non-hydrogen) atoms. The van der Waals surface area contributed by atoms with Crippen molar-refractivity contribution in [3.8, 4) is 0 Å². The van der Waals surface area contributed by atoms with Crippen molar-refractivity contribution < 1.29 is 13.9 Å². The van der Waals surface area contributed by atoms with Gasteiger partial charge in [0.05, 0.1) is 6.61 Å². The van der Waals surface area contributed by atoms with E-state index in [1.54, 1.807) is 6.92 Å². The Morgan fingerprint density at radius 1 is 1.40 bits per heavy atom. The standard InChI is InChI=1S/C11H14N4O3S2/c1-5-17-7(16)6-13-14-9(18-6)19-10-12-8(15-20-10)11(2,3)4/h5H2,1-4H3. The van der Waals surface area contributed by atoms with Gasteiger partial charge in [-0.05, 0) is 18.5 Å². The number of esters is 1. The van der Waals surface area contributed by atoms with Crippen LogP contribution in [0.25, 0.3) is 0 Å². The summed E-state index contributed by atoms with van der Waals surface area (Å²) in [6.07, 6.45) is 0. The zero-order chi connectivity index (χ0) is 14.8. The summed E-state index contributed by atoms with van der Waals surface area (Å²) in [7, 11) is 0. The molecule has 2 rings (SSSR count). The van der Waals surface area contributed by atoms with E-state index in [1.807, 2.05) is 20.8 Å². The van der Waals surface area contributed by atoms with Crippen LogP contribution in [0.5, 0.6) is 0 Å². The van der Waals surface area contributed by atoms with Gasteiger partial charge in [-0.15, -0.1) is 5.10 Å². The minimum Gasteiger partial charge on any atom is -0.459 e. The van der Waals surface area contributed by atoms with Gasteiger partial charge in [-0.2, -0.15) is 4.37 Å². The second-order valence-electron chi connectivity index (χ2n) is 4.83. The third kappa shape index (κ3) is 3.54. The first-order valence-corrected chi connectivity index (χ1v) is 7.52. The Balaban J connectivity index is 2.07. The SMILES string of the molecule is CCOC(=O)c1nnc(Sc2nc(C(C)(C)C)ns2)o1. The van der Waals surface area contributed by atoms with Crippen molar-refractivity contribution in [1.29, 1.82) is 0 Å². The van der Waals surface area contributed by atoms with Crippen LogP contribution in [0.4, 0.5) is 0 Å². The van der Waals surface area contributed by atoms with Crippen LogP contribution in [0.1, 0.15) is 44.2 Å². The van der Waals surface area contributed by atoms with Crippen molar-refractivity contribution in [2.75, 3.05) is 6.61 Å². The van der Waals surface area contributed by atoms with E-state index in [1.165, 1.54) is 23.3 Å². The van der Waals surface area contributed by atoms with E-state index in [0.717, 1.165) is 5.82 Å². The van der Waals surface area contributed by atoms with E-state index in [4.69, 9.17) is 9.15 Å². The lowest BCUT2D eigenvalue weighted by atomic mass is 9.96. The minimum absolute atomic E-state index is 0.111. The number of hydrogen-bond donors (Lipinski definition) is 0. The van der Waals surface area contributed by atoms with Crippen LogP contribution in [-0.4, -0.2) is 32.1 Å². The molecule has 0 spiro atoms. The largest absolute Gasteiger partial charge is 0.459 e. The summed E-state index contributed by atoms with van der Waals surface area (Å²) < 4.78 is 14.9. The van der Waals surface area contributed by atoms with Crippen LogP contribution in [0.15, 0.2) is 14.0 Å². The average Bonchev–Trinajstić information content (AvgIpc) is 2.98. The van der Waals surface area contributed by atoms with E-state index in [9.17, 15) is 4.79 Å². The first-order chi connectivity index (χ1) is 9.40. The van der Waals surface area contributed by atoms with E-state index >= 15 is 0 Å². The molecular formula is C11H14N4O3S2. The van der Waals surface area contributed by atoms with Crippen molar-refractivity contribution in [2.24, 2.45) is 0 Å². The fourth-order valence-electron chi connectivity index (χ4n) is 1.16. The predicted octanol–water partition coefficient (Wildman–Crippen LogP) is 2.55. The molecule has 7 nitrogen and oxygen atoms in total. The molecule has 9 heteroatoms. The highest BCUT2D eigenvalue weighted by Gasteiger charge is 2.22. The fraction of sp³-hybridized carbons (Fsp3) is 0.545. The van der Waals surface area contributed by atoms with Gasteiger partial charge < -0.3 is 9.15 Å². The van der Waals surface area contributed by atoms with Gasteiger partial charge >= 0.3 is 11.9 Å². The lowest BCUT2D eigenvalue weighted by Crippen LogP contribution is -2.12. The molecule has 0 aliphatic carbocycles. The molecule has 0 amide bonds. The molecule has 2 heterocycles. The zero-order valence-electron chi connectivity index (χ0n) is 11.5. The number of aromatic nitrogens is 4. The topological polar surface area (TPSA) is 91.0 Å². The molecule has 0 aliphatic heterocycles. The van der Waals surface area contributed by atoms with Gasteiger partial charge in [-0.25, -0.2) is 9.78 Å². The second kappa shape index (κ2) is 5.88. The van der Waals surface area contributed by atoms with Crippen molar-refractivity contribution in [2.45, 2.75) is 42.7 Å². The molecular weight excluding hydrogens is 300 g/mol. The Bertz CT molecular complexity index is 603. The highest BCUT2D eigenvalue weighted by atomic mass is 32.2. The molecule has 0 N–H and O–H groups in total. The molecule has 0 aliphatic rings. The van der Waals surface area contributed by atoms with E-state index in [0.29, 0.717) is 4.34 Å². The molecule has 0 bridgehead atoms. The number of ether oxygens (including phenoxy) is 1. The Kier molecular flexibility index (Phi) is 4.39. The molecule has 0 fully saturated rings. The monoisotopic (exact) mass is 314 g/mol. The lowest BCUT2D eigenvalue weighted by molar-refractivity contribution is 0.0475. The Morgan fingerprint density at radius 3 is 2.75 bits per heavy atom. The molecule has 2 aromatic rings. The first-order valence-electron chi connectivity index (χ1n) is 5.93. The van der Waals surface area contributed by atoms with Gasteiger partial charge in [0, 0.05) is 17.2 Å². The molecule has 0 saturated carbocycles. The van der Waals surface area contributed by atoms with E-state index in [2.05, 4.69) is 19.6 Å². The summed E-state index contributed by atoms with van der Waals surface area (Å²) in [4.78, 5) is 15.8. The number of carbonyl (C=O) groups excluding carboxylic acids is 1. The summed E-state index contributed by atoms with van der Waals surface area (Å²) in [6, 6.07) is 0. The van der Waals surface area contributed by atoms with E-state index in [-0.39, 0.29) is 23.1 Å². The van der Waals surface area contributed by atoms with E-state index < -0.39 is 5.97 Å². The number of nitrogens with zero attached hydrogens (tertiary/aromatic N) is 4. The minimum atomic E-state index is -0.625. The summed E-state index contributed by atoms with van der Waals surface area (Å²) in [5.74, 6) is -0.0236. The molecule has 108 valence electrons. The van der Waals surface area contributed by atoms with Gasteiger partial charge in [-0.1, -0.05) is 25.9 Å². The normalized spacial score (nSPS) is 11.6. The highest BCUT2D eigenvalue weighted by molar-refractivity contribution is 8.00. The van der Waals surface area contributed by atoms with Gasteiger partial charge in [0.15, 0.2) is 4.34 Å². The molecule has 0 radical (unpaired) electrons. The Hall–Kier alpha value is -1.48. The first kappa shape index (κ1) is 14.9. The highest BCUT2D eigenvalue weighted by Crippen LogP contribution is 2.30. The summed E-state index contributed by atoms with van der Waals surface area (Å²) in [6.45, 7) is 8.08. The second-order valence-corrected chi connectivity index (χ2v) is 6.78.